The Kier molecular flexibility index (Phi) is 8.94. The van der Waals surface area contributed by atoms with E-state index in [1.165, 1.54) is 23.1 Å². The number of aryl methyl sites for hydroxylation is 1. The van der Waals surface area contributed by atoms with Gasteiger partial charge >= 0.3 is 6.03 Å². The number of likely N-dealkylation sites (N-methyl/N-ethyl adjacent to an activating group) is 1. The number of carbonyl (C=O) groups excluding carboxylic acids is 2. The molecule has 186 valence electrons. The van der Waals surface area contributed by atoms with Crippen LogP contribution in [-0.2, 0) is 22.7 Å². The Balaban J connectivity index is 1.76. The molecule has 1 aliphatic heterocycles. The molecule has 0 saturated heterocycles. The first-order valence-electron chi connectivity index (χ1n) is 11.5. The topological polar surface area (TPSA) is 113 Å². The van der Waals surface area contributed by atoms with E-state index < -0.39 is 18.0 Å². The van der Waals surface area contributed by atoms with Gasteiger partial charge in [0, 0.05) is 44.7 Å². The minimum Gasteiger partial charge on any atom is -0.394 e. The van der Waals surface area contributed by atoms with Crippen molar-refractivity contribution in [1.82, 2.24) is 24.8 Å². The maximum absolute atomic E-state index is 13.5. The molecule has 3 atom stereocenters. The second-order valence-corrected chi connectivity index (χ2v) is 8.78. The molecular weight excluding hydrogens is 443 g/mol. The van der Waals surface area contributed by atoms with E-state index in [-0.39, 0.29) is 37.6 Å². The Morgan fingerprint density at radius 3 is 2.97 bits per heavy atom. The van der Waals surface area contributed by atoms with E-state index in [0.717, 1.165) is 5.69 Å². The van der Waals surface area contributed by atoms with Crippen molar-refractivity contribution in [2.75, 3.05) is 32.1 Å². The van der Waals surface area contributed by atoms with Crippen molar-refractivity contribution in [1.29, 1.82) is 0 Å². The Labute approximate surface area is 198 Å². The van der Waals surface area contributed by atoms with Crippen LogP contribution in [0.25, 0.3) is 0 Å². The number of carbonyl (C=O) groups is 2. The molecule has 0 spiro atoms. The van der Waals surface area contributed by atoms with E-state index >= 15 is 0 Å². The third-order valence-electron chi connectivity index (χ3n) is 6.02. The van der Waals surface area contributed by atoms with Crippen molar-refractivity contribution in [3.8, 4) is 0 Å². The first-order chi connectivity index (χ1) is 16.3. The minimum atomic E-state index is -0.440. The molecule has 1 aromatic carbocycles. The van der Waals surface area contributed by atoms with Crippen molar-refractivity contribution in [2.24, 2.45) is 5.92 Å². The van der Waals surface area contributed by atoms with E-state index in [2.05, 4.69) is 15.6 Å². The first-order valence-corrected chi connectivity index (χ1v) is 11.5. The van der Waals surface area contributed by atoms with Crippen molar-refractivity contribution >= 4 is 17.6 Å². The predicted octanol–water partition coefficient (Wildman–Crippen LogP) is 2.11. The fourth-order valence-electron chi connectivity index (χ4n) is 3.88. The first kappa shape index (κ1) is 25.6. The Morgan fingerprint density at radius 2 is 2.24 bits per heavy atom. The summed E-state index contributed by atoms with van der Waals surface area (Å²) in [5, 5.41) is 20.4. The van der Waals surface area contributed by atoms with Crippen molar-refractivity contribution < 1.29 is 23.8 Å². The van der Waals surface area contributed by atoms with Crippen LogP contribution in [0.1, 0.15) is 32.4 Å². The van der Waals surface area contributed by atoms with Gasteiger partial charge in [0.15, 0.2) is 0 Å². The number of aliphatic hydroxyl groups is 1. The lowest BCUT2D eigenvalue weighted by Crippen LogP contribution is -2.48. The molecule has 2 N–H and O–H groups in total. The quantitative estimate of drug-likeness (QED) is 0.684. The monoisotopic (exact) mass is 476 g/mol. The standard InChI is InChI=1S/C23H33FN6O4/c1-16-12-29(17(2)14-31)22(32)8-5-9-30-20(11-25-27-30)15-34-21(16)13-28(3)23(33)26-19-7-4-6-18(24)10-19/h4,6-7,10-11,16-17,21,31H,5,8-9,12-15H2,1-3H3,(H,26,33)/t16-,17-,21+/m0/s1. The largest absolute Gasteiger partial charge is 0.394 e. The van der Waals surface area contributed by atoms with Gasteiger partial charge in [0.1, 0.15) is 5.82 Å². The van der Waals surface area contributed by atoms with Gasteiger partial charge in [-0.25, -0.2) is 13.9 Å². The van der Waals surface area contributed by atoms with E-state index in [4.69, 9.17) is 4.74 Å². The number of nitrogens with one attached hydrogen (secondary N) is 1. The summed E-state index contributed by atoms with van der Waals surface area (Å²) in [4.78, 5) is 28.8. The summed E-state index contributed by atoms with van der Waals surface area (Å²) < 4.78 is 21.4. The number of fused-ring (bicyclic) bond motifs is 1. The second kappa shape index (κ2) is 11.9. The van der Waals surface area contributed by atoms with Gasteiger partial charge in [-0.05, 0) is 31.5 Å². The van der Waals surface area contributed by atoms with Crippen LogP contribution in [0.5, 0.6) is 0 Å². The molecule has 0 radical (unpaired) electrons. The lowest BCUT2D eigenvalue weighted by Gasteiger charge is -2.35. The highest BCUT2D eigenvalue weighted by Gasteiger charge is 2.29. The molecule has 10 nitrogen and oxygen atoms in total. The second-order valence-electron chi connectivity index (χ2n) is 8.78. The van der Waals surface area contributed by atoms with Gasteiger partial charge in [-0.3, -0.25) is 4.79 Å². The number of ether oxygens (including phenoxy) is 1. The zero-order valence-electron chi connectivity index (χ0n) is 19.9. The van der Waals surface area contributed by atoms with Gasteiger partial charge in [0.25, 0.3) is 0 Å². The number of benzene rings is 1. The van der Waals surface area contributed by atoms with Crippen LogP contribution >= 0.6 is 0 Å². The van der Waals surface area contributed by atoms with Crippen LogP contribution in [0.3, 0.4) is 0 Å². The Morgan fingerprint density at radius 1 is 1.44 bits per heavy atom. The lowest BCUT2D eigenvalue weighted by atomic mass is 10.0. The van der Waals surface area contributed by atoms with E-state index in [9.17, 15) is 19.1 Å². The third kappa shape index (κ3) is 6.73. The molecule has 3 amide bonds. The highest BCUT2D eigenvalue weighted by molar-refractivity contribution is 5.89. The summed E-state index contributed by atoms with van der Waals surface area (Å²) in [6.45, 7) is 5.01. The van der Waals surface area contributed by atoms with Crippen LogP contribution in [0.15, 0.2) is 30.5 Å². The van der Waals surface area contributed by atoms with Crippen LogP contribution in [0.2, 0.25) is 0 Å². The molecule has 1 aromatic heterocycles. The van der Waals surface area contributed by atoms with Gasteiger partial charge in [-0.15, -0.1) is 5.10 Å². The number of amides is 3. The van der Waals surface area contributed by atoms with Crippen LogP contribution in [0, 0.1) is 11.7 Å². The molecule has 3 rings (SSSR count). The molecule has 0 unspecified atom stereocenters. The van der Waals surface area contributed by atoms with Gasteiger partial charge in [0.05, 0.1) is 37.3 Å². The van der Waals surface area contributed by atoms with Gasteiger partial charge in [0.2, 0.25) is 5.91 Å². The SMILES string of the molecule is C[C@H]1CN([C@@H](C)CO)C(=O)CCCn2nncc2CO[C@@H]1CN(C)C(=O)Nc1cccc(F)c1. The average molecular weight is 477 g/mol. The molecule has 1 aliphatic rings. The number of hydrogen-bond donors (Lipinski definition) is 2. The number of anilines is 1. The number of hydrogen-bond acceptors (Lipinski definition) is 6. The summed E-state index contributed by atoms with van der Waals surface area (Å²) in [5.41, 5.74) is 1.14. The predicted molar refractivity (Wildman–Crippen MR) is 123 cm³/mol. The molecule has 11 heteroatoms. The third-order valence-corrected chi connectivity index (χ3v) is 6.02. The Hall–Kier alpha value is -3.05. The van der Waals surface area contributed by atoms with E-state index in [1.54, 1.807) is 35.8 Å². The number of aromatic nitrogens is 3. The maximum Gasteiger partial charge on any atom is 0.321 e. The summed E-state index contributed by atoms with van der Waals surface area (Å²) in [6.07, 6.45) is 2.14. The number of rotatable bonds is 5. The van der Waals surface area contributed by atoms with Gasteiger partial charge in [-0.1, -0.05) is 18.2 Å². The molecular formula is C23H33FN6O4. The van der Waals surface area contributed by atoms with E-state index in [1.807, 2.05) is 6.92 Å². The van der Waals surface area contributed by atoms with Crippen molar-refractivity contribution in [3.63, 3.8) is 0 Å². The normalized spacial score (nSPS) is 20.6. The van der Waals surface area contributed by atoms with Crippen molar-refractivity contribution in [2.45, 2.75) is 52.0 Å². The summed E-state index contributed by atoms with van der Waals surface area (Å²) in [7, 11) is 1.63. The number of halogens is 1. The smallest absolute Gasteiger partial charge is 0.321 e. The fraction of sp³-hybridized carbons (Fsp3) is 0.565. The van der Waals surface area contributed by atoms with E-state index in [0.29, 0.717) is 31.6 Å². The zero-order valence-corrected chi connectivity index (χ0v) is 19.9. The maximum atomic E-state index is 13.5. The lowest BCUT2D eigenvalue weighted by molar-refractivity contribution is -0.136. The number of aliphatic hydroxyl groups excluding tert-OH is 1. The molecule has 2 heterocycles. The zero-order chi connectivity index (χ0) is 24.7. The average Bonchev–Trinajstić information content (AvgIpc) is 3.25. The van der Waals surface area contributed by atoms with Gasteiger partial charge in [-0.2, -0.15) is 0 Å². The molecule has 0 fully saturated rings. The summed E-state index contributed by atoms with van der Waals surface area (Å²) >= 11 is 0. The molecule has 2 aromatic rings. The highest BCUT2D eigenvalue weighted by atomic mass is 19.1. The van der Waals surface area contributed by atoms with Gasteiger partial charge < -0.3 is 25.0 Å². The van der Waals surface area contributed by atoms with Crippen LogP contribution in [0.4, 0.5) is 14.9 Å². The molecule has 34 heavy (non-hydrogen) atoms. The summed E-state index contributed by atoms with van der Waals surface area (Å²) in [6, 6.07) is 4.94. The van der Waals surface area contributed by atoms with Crippen LogP contribution < -0.4 is 5.32 Å². The number of nitrogens with zero attached hydrogens (tertiary/aromatic N) is 5. The molecule has 0 saturated carbocycles. The number of urea groups is 1. The fourth-order valence-corrected chi connectivity index (χ4v) is 3.88. The molecule has 0 bridgehead atoms. The van der Waals surface area contributed by atoms with Crippen molar-refractivity contribution in [3.05, 3.63) is 42.0 Å². The Bertz CT molecular complexity index is 970. The minimum absolute atomic E-state index is 0.0495. The van der Waals surface area contributed by atoms with Crippen LogP contribution in [-0.4, -0.2) is 80.7 Å². The summed E-state index contributed by atoms with van der Waals surface area (Å²) in [5.74, 6) is -0.637. The molecule has 0 aliphatic carbocycles. The highest BCUT2D eigenvalue weighted by Crippen LogP contribution is 2.19.